The van der Waals surface area contributed by atoms with E-state index in [1.165, 1.54) is 6.92 Å². The van der Waals surface area contributed by atoms with Crippen molar-refractivity contribution in [1.82, 2.24) is 10.9 Å². The van der Waals surface area contributed by atoms with Crippen LogP contribution < -0.4 is 25.6 Å². The molecular formula is C24H23N3O5. The monoisotopic (exact) mass is 433 g/mol. The third-order valence-corrected chi connectivity index (χ3v) is 4.24. The normalized spacial score (nSPS) is 10.0. The molecule has 0 unspecified atom stereocenters. The highest BCUT2D eigenvalue weighted by molar-refractivity contribution is 5.99. The van der Waals surface area contributed by atoms with Gasteiger partial charge in [-0.25, -0.2) is 0 Å². The molecule has 3 rings (SSSR count). The molecule has 8 heteroatoms. The van der Waals surface area contributed by atoms with E-state index in [0.717, 1.165) is 5.75 Å². The van der Waals surface area contributed by atoms with Crippen LogP contribution in [0.5, 0.6) is 11.5 Å². The van der Waals surface area contributed by atoms with E-state index in [-0.39, 0.29) is 5.91 Å². The van der Waals surface area contributed by atoms with Crippen molar-refractivity contribution in [3.05, 3.63) is 90.0 Å². The van der Waals surface area contributed by atoms with Crippen molar-refractivity contribution in [2.24, 2.45) is 0 Å². The van der Waals surface area contributed by atoms with Crippen LogP contribution in [0.1, 0.15) is 27.6 Å². The maximum absolute atomic E-state index is 12.3. The summed E-state index contributed by atoms with van der Waals surface area (Å²) in [5.41, 5.74) is 5.99. The van der Waals surface area contributed by atoms with Gasteiger partial charge in [0.05, 0.1) is 0 Å². The Morgan fingerprint density at radius 2 is 1.12 bits per heavy atom. The van der Waals surface area contributed by atoms with Gasteiger partial charge in [0.2, 0.25) is 5.91 Å². The Balaban J connectivity index is 1.42. The van der Waals surface area contributed by atoms with E-state index in [9.17, 15) is 14.4 Å². The van der Waals surface area contributed by atoms with E-state index >= 15 is 0 Å². The second-order valence-electron chi connectivity index (χ2n) is 6.70. The van der Waals surface area contributed by atoms with Gasteiger partial charge in [0, 0.05) is 23.7 Å². The summed E-state index contributed by atoms with van der Waals surface area (Å²) in [6.45, 7) is 2.15. The van der Waals surface area contributed by atoms with Crippen LogP contribution in [0.3, 0.4) is 0 Å². The molecule has 8 nitrogen and oxygen atoms in total. The zero-order chi connectivity index (χ0) is 22.8. The third kappa shape index (κ3) is 6.88. The molecule has 0 aliphatic heterocycles. The van der Waals surface area contributed by atoms with E-state index in [4.69, 9.17) is 9.47 Å². The molecule has 0 heterocycles. The molecule has 0 aromatic heterocycles. The largest absolute Gasteiger partial charge is 0.490 e. The Labute approximate surface area is 185 Å². The summed E-state index contributed by atoms with van der Waals surface area (Å²) in [7, 11) is 0. The minimum Gasteiger partial charge on any atom is -0.490 e. The lowest BCUT2D eigenvalue weighted by Gasteiger charge is -2.10. The standard InChI is InChI=1S/C24H23N3O5/c1-17(28)25-20-11-7-18(8-12-20)23(29)26-27-24(30)19-9-13-22(14-10-19)32-16-15-31-21-5-3-2-4-6-21/h2-14H,15-16H2,1H3,(H,25,28)(H,26,29)(H,27,30). The van der Waals surface area contributed by atoms with Crippen molar-refractivity contribution < 1.29 is 23.9 Å². The fraction of sp³-hybridized carbons (Fsp3) is 0.125. The highest BCUT2D eigenvalue weighted by Gasteiger charge is 2.10. The number of hydrazine groups is 1. The van der Waals surface area contributed by atoms with Gasteiger partial charge in [0.25, 0.3) is 11.8 Å². The average Bonchev–Trinajstić information content (AvgIpc) is 2.81. The Hall–Kier alpha value is -4.33. The van der Waals surface area contributed by atoms with Crippen LogP contribution in [-0.4, -0.2) is 30.9 Å². The number of amides is 3. The molecule has 32 heavy (non-hydrogen) atoms. The van der Waals surface area contributed by atoms with E-state index < -0.39 is 11.8 Å². The molecule has 0 spiro atoms. The fourth-order valence-corrected chi connectivity index (χ4v) is 2.70. The van der Waals surface area contributed by atoms with Crippen LogP contribution in [-0.2, 0) is 4.79 Å². The van der Waals surface area contributed by atoms with Crippen LogP contribution >= 0.6 is 0 Å². The number of carbonyl (C=O) groups is 3. The van der Waals surface area contributed by atoms with Gasteiger partial charge in [0.1, 0.15) is 24.7 Å². The predicted octanol–water partition coefficient (Wildman–Crippen LogP) is 3.18. The number of hydrogen-bond donors (Lipinski definition) is 3. The lowest BCUT2D eigenvalue weighted by molar-refractivity contribution is -0.114. The smallest absolute Gasteiger partial charge is 0.269 e. The number of rotatable bonds is 8. The minimum atomic E-state index is -0.480. The molecule has 3 amide bonds. The Morgan fingerprint density at radius 3 is 1.62 bits per heavy atom. The molecule has 0 radical (unpaired) electrons. The molecule has 0 bridgehead atoms. The number of nitrogens with one attached hydrogen (secondary N) is 3. The number of carbonyl (C=O) groups excluding carboxylic acids is 3. The van der Waals surface area contributed by atoms with Gasteiger partial charge in [-0.3, -0.25) is 25.2 Å². The first-order chi connectivity index (χ1) is 15.5. The van der Waals surface area contributed by atoms with E-state index in [0.29, 0.717) is 35.8 Å². The predicted molar refractivity (Wildman–Crippen MR) is 120 cm³/mol. The highest BCUT2D eigenvalue weighted by Crippen LogP contribution is 2.13. The Kier molecular flexibility index (Phi) is 7.80. The first-order valence-electron chi connectivity index (χ1n) is 9.90. The van der Waals surface area contributed by atoms with Gasteiger partial charge in [0.15, 0.2) is 0 Å². The molecule has 0 aliphatic carbocycles. The molecular weight excluding hydrogens is 410 g/mol. The van der Waals surface area contributed by atoms with Crippen LogP contribution in [0.4, 0.5) is 5.69 Å². The molecule has 3 aromatic rings. The molecule has 0 saturated carbocycles. The zero-order valence-corrected chi connectivity index (χ0v) is 17.5. The molecule has 164 valence electrons. The van der Waals surface area contributed by atoms with Gasteiger partial charge < -0.3 is 14.8 Å². The van der Waals surface area contributed by atoms with E-state index in [1.54, 1.807) is 48.5 Å². The van der Waals surface area contributed by atoms with Gasteiger partial charge in [-0.05, 0) is 60.7 Å². The molecule has 0 atom stereocenters. The summed E-state index contributed by atoms with van der Waals surface area (Å²) in [4.78, 5) is 35.5. The summed E-state index contributed by atoms with van der Waals surface area (Å²) < 4.78 is 11.2. The maximum Gasteiger partial charge on any atom is 0.269 e. The first kappa shape index (κ1) is 22.4. The van der Waals surface area contributed by atoms with Crippen LogP contribution in [0.15, 0.2) is 78.9 Å². The summed E-state index contributed by atoms with van der Waals surface area (Å²) in [5, 5.41) is 2.61. The quantitative estimate of drug-likeness (QED) is 0.374. The Bertz CT molecular complexity index is 1050. The zero-order valence-electron chi connectivity index (χ0n) is 17.5. The van der Waals surface area contributed by atoms with Crippen molar-refractivity contribution in [2.75, 3.05) is 18.5 Å². The van der Waals surface area contributed by atoms with Crippen LogP contribution in [0.25, 0.3) is 0 Å². The van der Waals surface area contributed by atoms with Gasteiger partial charge >= 0.3 is 0 Å². The summed E-state index contributed by atoms with van der Waals surface area (Å²) in [5.74, 6) is 0.222. The average molecular weight is 433 g/mol. The van der Waals surface area contributed by atoms with Crippen LogP contribution in [0, 0.1) is 0 Å². The first-order valence-corrected chi connectivity index (χ1v) is 9.90. The summed E-state index contributed by atoms with van der Waals surface area (Å²) in [6.07, 6.45) is 0. The van der Waals surface area contributed by atoms with Crippen molar-refractivity contribution in [2.45, 2.75) is 6.92 Å². The number of benzene rings is 3. The Morgan fingerprint density at radius 1 is 0.656 bits per heavy atom. The number of ether oxygens (including phenoxy) is 2. The summed E-state index contributed by atoms with van der Waals surface area (Å²) in [6, 6.07) is 22.2. The van der Waals surface area contributed by atoms with E-state index in [2.05, 4.69) is 16.2 Å². The molecule has 3 aromatic carbocycles. The van der Waals surface area contributed by atoms with Crippen molar-refractivity contribution in [3.8, 4) is 11.5 Å². The SMILES string of the molecule is CC(=O)Nc1ccc(C(=O)NNC(=O)c2ccc(OCCOc3ccccc3)cc2)cc1. The van der Waals surface area contributed by atoms with Gasteiger partial charge in [-0.1, -0.05) is 18.2 Å². The van der Waals surface area contributed by atoms with Gasteiger partial charge in [-0.2, -0.15) is 0 Å². The lowest BCUT2D eigenvalue weighted by Crippen LogP contribution is -2.41. The highest BCUT2D eigenvalue weighted by atomic mass is 16.5. The molecule has 3 N–H and O–H groups in total. The second kappa shape index (κ2) is 11.2. The minimum absolute atomic E-state index is 0.202. The molecule has 0 saturated heterocycles. The maximum atomic E-state index is 12.3. The third-order valence-electron chi connectivity index (χ3n) is 4.24. The number of hydrogen-bond acceptors (Lipinski definition) is 5. The second-order valence-corrected chi connectivity index (χ2v) is 6.70. The number of para-hydroxylation sites is 1. The summed E-state index contributed by atoms with van der Waals surface area (Å²) >= 11 is 0. The topological polar surface area (TPSA) is 106 Å². The van der Waals surface area contributed by atoms with Crippen LogP contribution in [0.2, 0.25) is 0 Å². The fourth-order valence-electron chi connectivity index (χ4n) is 2.70. The van der Waals surface area contributed by atoms with Crippen molar-refractivity contribution >= 4 is 23.4 Å². The molecule has 0 fully saturated rings. The van der Waals surface area contributed by atoms with Crippen molar-refractivity contribution in [1.29, 1.82) is 0 Å². The van der Waals surface area contributed by atoms with Gasteiger partial charge in [-0.15, -0.1) is 0 Å². The van der Waals surface area contributed by atoms with Crippen molar-refractivity contribution in [3.63, 3.8) is 0 Å². The number of anilines is 1. The molecule has 0 aliphatic rings. The van der Waals surface area contributed by atoms with E-state index in [1.807, 2.05) is 30.3 Å². The lowest BCUT2D eigenvalue weighted by atomic mass is 10.2.